The van der Waals surface area contributed by atoms with E-state index < -0.39 is 0 Å². The van der Waals surface area contributed by atoms with E-state index in [2.05, 4.69) is 41.9 Å². The predicted octanol–water partition coefficient (Wildman–Crippen LogP) is 1.60. The maximum atomic E-state index is 4.45. The molecule has 1 saturated heterocycles. The SMILES string of the molecule is CN=C(NCc1nnc(C)n1C)N1CCC(C)C(n2ccnc2)C1.I. The zero-order valence-corrected chi connectivity index (χ0v) is 17.6. The van der Waals surface area contributed by atoms with Gasteiger partial charge in [0.1, 0.15) is 5.82 Å². The van der Waals surface area contributed by atoms with Crippen LogP contribution in [0.25, 0.3) is 0 Å². The van der Waals surface area contributed by atoms with Crippen LogP contribution < -0.4 is 5.32 Å². The van der Waals surface area contributed by atoms with E-state index in [-0.39, 0.29) is 24.0 Å². The molecule has 2 unspecified atom stereocenters. The monoisotopic (exact) mass is 458 g/mol. The van der Waals surface area contributed by atoms with E-state index in [4.69, 9.17) is 0 Å². The van der Waals surface area contributed by atoms with Crippen LogP contribution in [0.1, 0.15) is 31.0 Å². The van der Waals surface area contributed by atoms with E-state index in [0.29, 0.717) is 18.5 Å². The second-order valence-electron chi connectivity index (χ2n) is 6.41. The standard InChI is InChI=1S/C16H26N8.HI/c1-12-5-7-23(10-14(12)24-8-6-18-11-24)16(17-3)19-9-15-21-20-13(2)22(15)4;/h6,8,11-12,14H,5,7,9-10H2,1-4H3,(H,17,19);1H. The molecule has 8 nitrogen and oxygen atoms in total. The lowest BCUT2D eigenvalue weighted by atomic mass is 9.93. The van der Waals surface area contributed by atoms with Crippen molar-refractivity contribution in [3.63, 3.8) is 0 Å². The number of aliphatic imine (C=N–C) groups is 1. The number of nitrogens with zero attached hydrogens (tertiary/aromatic N) is 7. The Bertz CT molecular complexity index is 693. The van der Waals surface area contributed by atoms with Crippen molar-refractivity contribution >= 4 is 29.9 Å². The van der Waals surface area contributed by atoms with Crippen LogP contribution >= 0.6 is 24.0 Å². The van der Waals surface area contributed by atoms with E-state index in [9.17, 15) is 0 Å². The van der Waals surface area contributed by atoms with Crippen molar-refractivity contribution in [1.29, 1.82) is 0 Å². The number of guanidine groups is 1. The Hall–Kier alpha value is -1.65. The third-order valence-corrected chi connectivity index (χ3v) is 4.93. The lowest BCUT2D eigenvalue weighted by Crippen LogP contribution is -2.48. The maximum Gasteiger partial charge on any atom is 0.194 e. The van der Waals surface area contributed by atoms with E-state index >= 15 is 0 Å². The summed E-state index contributed by atoms with van der Waals surface area (Å²) < 4.78 is 4.20. The Morgan fingerprint density at radius 3 is 2.80 bits per heavy atom. The smallest absolute Gasteiger partial charge is 0.194 e. The van der Waals surface area contributed by atoms with Gasteiger partial charge in [0.2, 0.25) is 0 Å². The van der Waals surface area contributed by atoms with Gasteiger partial charge in [-0.2, -0.15) is 0 Å². The highest BCUT2D eigenvalue weighted by Crippen LogP contribution is 2.27. The highest BCUT2D eigenvalue weighted by Gasteiger charge is 2.28. The van der Waals surface area contributed by atoms with Gasteiger partial charge in [-0.25, -0.2) is 4.98 Å². The molecule has 9 heteroatoms. The molecule has 0 aliphatic carbocycles. The van der Waals surface area contributed by atoms with Gasteiger partial charge >= 0.3 is 0 Å². The van der Waals surface area contributed by atoms with Gasteiger partial charge in [-0.1, -0.05) is 6.92 Å². The summed E-state index contributed by atoms with van der Waals surface area (Å²) in [5.74, 6) is 3.35. The summed E-state index contributed by atoms with van der Waals surface area (Å²) in [6.07, 6.45) is 6.92. The lowest BCUT2D eigenvalue weighted by Gasteiger charge is -2.39. The molecule has 138 valence electrons. The molecule has 1 fully saturated rings. The normalized spacial score (nSPS) is 21.1. The fourth-order valence-corrected chi connectivity index (χ4v) is 3.19. The molecule has 3 heterocycles. The van der Waals surface area contributed by atoms with Gasteiger partial charge in [0.15, 0.2) is 11.8 Å². The Morgan fingerprint density at radius 2 is 2.20 bits per heavy atom. The van der Waals surface area contributed by atoms with Gasteiger partial charge in [-0.05, 0) is 19.3 Å². The molecule has 3 rings (SSSR count). The molecule has 1 aliphatic rings. The molecule has 0 aromatic carbocycles. The average molecular weight is 458 g/mol. The third kappa shape index (κ3) is 4.31. The largest absolute Gasteiger partial charge is 0.349 e. The van der Waals surface area contributed by atoms with Crippen LogP contribution in [-0.2, 0) is 13.6 Å². The number of imidazole rings is 1. The van der Waals surface area contributed by atoms with Crippen LogP contribution in [0.4, 0.5) is 0 Å². The zero-order valence-electron chi connectivity index (χ0n) is 15.3. The summed E-state index contributed by atoms with van der Waals surface area (Å²) in [5, 5.41) is 11.7. The number of aromatic nitrogens is 5. The van der Waals surface area contributed by atoms with Crippen molar-refractivity contribution < 1.29 is 0 Å². The summed E-state index contributed by atoms with van der Waals surface area (Å²) in [6, 6.07) is 0.414. The molecule has 25 heavy (non-hydrogen) atoms. The Balaban J connectivity index is 0.00000225. The first-order valence-corrected chi connectivity index (χ1v) is 8.38. The van der Waals surface area contributed by atoms with E-state index in [0.717, 1.165) is 37.1 Å². The second-order valence-corrected chi connectivity index (χ2v) is 6.41. The molecule has 2 aromatic heterocycles. The van der Waals surface area contributed by atoms with Crippen LogP contribution in [0.5, 0.6) is 0 Å². The van der Waals surface area contributed by atoms with Crippen LogP contribution in [0.15, 0.2) is 23.7 Å². The summed E-state index contributed by atoms with van der Waals surface area (Å²) in [6.45, 7) is 6.80. The summed E-state index contributed by atoms with van der Waals surface area (Å²) >= 11 is 0. The quantitative estimate of drug-likeness (QED) is 0.430. The fourth-order valence-electron chi connectivity index (χ4n) is 3.19. The van der Waals surface area contributed by atoms with Crippen LogP contribution in [0.3, 0.4) is 0 Å². The minimum absolute atomic E-state index is 0. The number of nitrogens with one attached hydrogen (secondary N) is 1. The van der Waals surface area contributed by atoms with Crippen molar-refractivity contribution in [2.75, 3.05) is 20.1 Å². The Kier molecular flexibility index (Phi) is 6.79. The van der Waals surface area contributed by atoms with Crippen LogP contribution in [0, 0.1) is 12.8 Å². The number of likely N-dealkylation sites (tertiary alicyclic amines) is 1. The molecule has 1 N–H and O–H groups in total. The topological polar surface area (TPSA) is 76.2 Å². The van der Waals surface area contributed by atoms with Gasteiger partial charge in [-0.3, -0.25) is 4.99 Å². The van der Waals surface area contributed by atoms with E-state index in [1.807, 2.05) is 44.3 Å². The van der Waals surface area contributed by atoms with E-state index in [1.165, 1.54) is 0 Å². The Morgan fingerprint density at radius 1 is 1.40 bits per heavy atom. The number of halogens is 1. The van der Waals surface area contributed by atoms with Crippen LogP contribution in [0.2, 0.25) is 0 Å². The number of aryl methyl sites for hydroxylation is 1. The number of hydrogen-bond donors (Lipinski definition) is 1. The number of hydrogen-bond acceptors (Lipinski definition) is 4. The molecule has 2 aromatic rings. The third-order valence-electron chi connectivity index (χ3n) is 4.93. The number of rotatable bonds is 3. The molecule has 0 radical (unpaired) electrons. The number of piperidine rings is 1. The zero-order chi connectivity index (χ0) is 17.1. The first-order chi connectivity index (χ1) is 11.6. The summed E-state index contributed by atoms with van der Waals surface area (Å²) in [7, 11) is 3.81. The molecule has 0 bridgehead atoms. The fraction of sp³-hybridized carbons (Fsp3) is 0.625. The molecule has 0 spiro atoms. The minimum atomic E-state index is 0. The van der Waals surface area contributed by atoms with Gasteiger partial charge in [0.25, 0.3) is 0 Å². The highest BCUT2D eigenvalue weighted by molar-refractivity contribution is 14.0. The summed E-state index contributed by atoms with van der Waals surface area (Å²) in [5.41, 5.74) is 0. The van der Waals surface area contributed by atoms with Gasteiger partial charge in [-0.15, -0.1) is 34.2 Å². The molecule has 0 saturated carbocycles. The van der Waals surface area contributed by atoms with Gasteiger partial charge < -0.3 is 19.4 Å². The molecule has 0 amide bonds. The van der Waals surface area contributed by atoms with Crippen molar-refractivity contribution in [1.82, 2.24) is 34.5 Å². The maximum absolute atomic E-state index is 4.45. The predicted molar refractivity (Wildman–Crippen MR) is 108 cm³/mol. The van der Waals surface area contributed by atoms with Gasteiger partial charge in [0.05, 0.1) is 18.9 Å². The molecular formula is C16H27IN8. The first-order valence-electron chi connectivity index (χ1n) is 8.38. The highest BCUT2D eigenvalue weighted by atomic mass is 127. The van der Waals surface area contributed by atoms with E-state index in [1.54, 1.807) is 0 Å². The molecule has 2 atom stereocenters. The van der Waals surface area contributed by atoms with Crippen LogP contribution in [-0.4, -0.2) is 55.3 Å². The minimum Gasteiger partial charge on any atom is -0.349 e. The molecule has 1 aliphatic heterocycles. The Labute approximate surface area is 165 Å². The second kappa shape index (κ2) is 8.63. The molecular weight excluding hydrogens is 431 g/mol. The average Bonchev–Trinajstić information content (AvgIpc) is 3.22. The first kappa shape index (κ1) is 19.7. The summed E-state index contributed by atoms with van der Waals surface area (Å²) in [4.78, 5) is 11.0. The van der Waals surface area contributed by atoms with Crippen molar-refractivity contribution in [3.8, 4) is 0 Å². The van der Waals surface area contributed by atoms with Crippen molar-refractivity contribution in [2.24, 2.45) is 18.0 Å². The lowest BCUT2D eigenvalue weighted by molar-refractivity contribution is 0.189. The van der Waals surface area contributed by atoms with Gasteiger partial charge in [0, 0.05) is 39.6 Å². The van der Waals surface area contributed by atoms with Crippen molar-refractivity contribution in [2.45, 2.75) is 32.9 Å². The van der Waals surface area contributed by atoms with Crippen molar-refractivity contribution in [3.05, 3.63) is 30.4 Å².